The number of rotatable bonds is 5. The number of non-ortho nitro benzene ring substituents is 2. The fourth-order valence-corrected chi connectivity index (χ4v) is 2.02. The lowest BCUT2D eigenvalue weighted by molar-refractivity contribution is -0.394. The Morgan fingerprint density at radius 1 is 1.04 bits per heavy atom. The Morgan fingerprint density at radius 3 is 2.12 bits per heavy atom. The highest BCUT2D eigenvalue weighted by molar-refractivity contribution is 6.03. The van der Waals surface area contributed by atoms with Crippen LogP contribution in [0.5, 0.6) is 11.5 Å². The Balaban J connectivity index is 2.29. The Hall–Kier alpha value is -4.02. The van der Waals surface area contributed by atoms with Crippen molar-refractivity contribution in [2.45, 2.75) is 6.92 Å². The minimum atomic E-state index is -0.908. The second-order valence-electron chi connectivity index (χ2n) is 5.09. The maximum absolute atomic E-state index is 12.1. The van der Waals surface area contributed by atoms with Gasteiger partial charge in [0.05, 0.1) is 27.2 Å². The van der Waals surface area contributed by atoms with Crippen molar-refractivity contribution in [1.29, 1.82) is 0 Å². The third-order valence-corrected chi connectivity index (χ3v) is 3.28. The largest absolute Gasteiger partial charge is 0.508 e. The number of nitrogens with one attached hydrogen (secondary N) is 1. The van der Waals surface area contributed by atoms with Crippen LogP contribution in [0, 0.1) is 20.2 Å². The molecule has 0 unspecified atom stereocenters. The van der Waals surface area contributed by atoms with E-state index in [0.29, 0.717) is 0 Å². The van der Waals surface area contributed by atoms with Crippen LogP contribution < -0.4 is 5.43 Å². The van der Waals surface area contributed by atoms with Gasteiger partial charge in [-0.15, -0.1) is 0 Å². The predicted molar refractivity (Wildman–Crippen MR) is 89.2 cm³/mol. The van der Waals surface area contributed by atoms with Gasteiger partial charge in [-0.25, -0.2) is 5.43 Å². The molecule has 1 amide bonds. The molecule has 26 heavy (non-hydrogen) atoms. The van der Waals surface area contributed by atoms with Crippen LogP contribution in [-0.4, -0.2) is 31.7 Å². The van der Waals surface area contributed by atoms with E-state index in [9.17, 15) is 35.2 Å². The lowest BCUT2D eigenvalue weighted by Gasteiger charge is -2.06. The first kappa shape index (κ1) is 18.3. The highest BCUT2D eigenvalue weighted by Gasteiger charge is 2.19. The number of phenols is 2. The van der Waals surface area contributed by atoms with Gasteiger partial charge in [0.25, 0.3) is 17.3 Å². The van der Waals surface area contributed by atoms with Crippen LogP contribution in [0.1, 0.15) is 22.8 Å². The van der Waals surface area contributed by atoms with Crippen molar-refractivity contribution in [3.8, 4) is 11.5 Å². The molecule has 0 aromatic heterocycles. The SMILES string of the molecule is C/C(=N\NC(=O)c1cc([N+](=O)[O-])cc([N+](=O)[O-])c1)c1ccc(O)cc1O. The summed E-state index contributed by atoms with van der Waals surface area (Å²) in [4.78, 5) is 32.1. The summed E-state index contributed by atoms with van der Waals surface area (Å²) in [5.74, 6) is -1.34. The summed E-state index contributed by atoms with van der Waals surface area (Å²) in [6.07, 6.45) is 0. The van der Waals surface area contributed by atoms with Gasteiger partial charge in [-0.2, -0.15) is 5.10 Å². The third kappa shape index (κ3) is 4.08. The normalized spacial score (nSPS) is 11.0. The van der Waals surface area contributed by atoms with E-state index in [1.807, 2.05) is 0 Å². The van der Waals surface area contributed by atoms with Crippen molar-refractivity contribution >= 4 is 23.0 Å². The van der Waals surface area contributed by atoms with Gasteiger partial charge >= 0.3 is 0 Å². The highest BCUT2D eigenvalue weighted by atomic mass is 16.6. The number of carbonyl (C=O) groups is 1. The summed E-state index contributed by atoms with van der Waals surface area (Å²) in [7, 11) is 0. The van der Waals surface area contributed by atoms with Crippen molar-refractivity contribution in [3.63, 3.8) is 0 Å². The fourth-order valence-electron chi connectivity index (χ4n) is 2.02. The Kier molecular flexibility index (Phi) is 5.11. The number of hydrogen-bond acceptors (Lipinski definition) is 8. The monoisotopic (exact) mass is 360 g/mol. The molecule has 2 aromatic carbocycles. The van der Waals surface area contributed by atoms with E-state index in [4.69, 9.17) is 0 Å². The highest BCUT2D eigenvalue weighted by Crippen LogP contribution is 2.24. The van der Waals surface area contributed by atoms with E-state index in [1.54, 1.807) is 0 Å². The summed E-state index contributed by atoms with van der Waals surface area (Å²) in [5.41, 5.74) is 0.966. The number of nitro benzene ring substituents is 2. The molecule has 3 N–H and O–H groups in total. The predicted octanol–water partition coefficient (Wildman–Crippen LogP) is 2.07. The molecule has 0 aliphatic heterocycles. The molecule has 2 aromatic rings. The number of aromatic hydroxyl groups is 2. The minimum absolute atomic E-state index is 0.160. The first-order valence-corrected chi connectivity index (χ1v) is 7.00. The van der Waals surface area contributed by atoms with Crippen molar-refractivity contribution in [2.75, 3.05) is 0 Å². The number of benzene rings is 2. The number of nitro groups is 2. The molecule has 11 nitrogen and oxygen atoms in total. The van der Waals surface area contributed by atoms with Crippen molar-refractivity contribution in [2.24, 2.45) is 5.10 Å². The van der Waals surface area contributed by atoms with E-state index < -0.39 is 27.1 Å². The lowest BCUT2D eigenvalue weighted by atomic mass is 10.1. The molecule has 0 spiro atoms. The average Bonchev–Trinajstić information content (AvgIpc) is 2.58. The molecule has 0 radical (unpaired) electrons. The van der Waals surface area contributed by atoms with E-state index in [2.05, 4.69) is 10.5 Å². The summed E-state index contributed by atoms with van der Waals surface area (Å²) >= 11 is 0. The van der Waals surface area contributed by atoms with Gasteiger partial charge in [-0.1, -0.05) is 0 Å². The van der Waals surface area contributed by atoms with Crippen molar-refractivity contribution in [1.82, 2.24) is 5.43 Å². The Labute approximate surface area is 145 Å². The molecule has 0 heterocycles. The maximum Gasteiger partial charge on any atom is 0.277 e. The average molecular weight is 360 g/mol. The molecule has 0 bridgehead atoms. The van der Waals surface area contributed by atoms with Gasteiger partial charge in [-0.05, 0) is 19.1 Å². The van der Waals surface area contributed by atoms with Gasteiger partial charge in [-0.3, -0.25) is 25.0 Å². The first-order valence-electron chi connectivity index (χ1n) is 7.00. The second kappa shape index (κ2) is 7.25. The lowest BCUT2D eigenvalue weighted by Crippen LogP contribution is -2.19. The number of hydrazone groups is 1. The zero-order valence-electron chi connectivity index (χ0n) is 13.2. The summed E-state index contributed by atoms with van der Waals surface area (Å²) in [6.45, 7) is 1.46. The minimum Gasteiger partial charge on any atom is -0.508 e. The molecule has 2 rings (SSSR count). The molecule has 0 aliphatic rings. The third-order valence-electron chi connectivity index (χ3n) is 3.28. The van der Waals surface area contributed by atoms with Crippen LogP contribution in [-0.2, 0) is 0 Å². The van der Waals surface area contributed by atoms with Gasteiger partial charge in [0, 0.05) is 23.8 Å². The molecule has 0 aliphatic carbocycles. The van der Waals surface area contributed by atoms with Gasteiger partial charge in [0.15, 0.2) is 0 Å². The number of nitrogens with zero attached hydrogens (tertiary/aromatic N) is 3. The zero-order chi connectivity index (χ0) is 19.4. The molecule has 0 saturated heterocycles. The molecule has 0 atom stereocenters. The van der Waals surface area contributed by atoms with Gasteiger partial charge in [0.2, 0.25) is 0 Å². The number of amides is 1. The topological polar surface area (TPSA) is 168 Å². The summed E-state index contributed by atoms with van der Waals surface area (Å²) in [5, 5.41) is 44.4. The molecule has 0 fully saturated rings. The molecule has 134 valence electrons. The molecular weight excluding hydrogens is 348 g/mol. The van der Waals surface area contributed by atoms with E-state index >= 15 is 0 Å². The Bertz CT molecular complexity index is 907. The summed E-state index contributed by atoms with van der Waals surface area (Å²) < 4.78 is 0. The van der Waals surface area contributed by atoms with Gasteiger partial charge in [0.1, 0.15) is 11.5 Å². The quantitative estimate of drug-likeness (QED) is 0.416. The Morgan fingerprint density at radius 2 is 1.62 bits per heavy atom. The summed E-state index contributed by atoms with van der Waals surface area (Å²) in [6, 6.07) is 6.25. The smallest absolute Gasteiger partial charge is 0.277 e. The van der Waals surface area contributed by atoms with Crippen molar-refractivity contribution < 1.29 is 24.9 Å². The van der Waals surface area contributed by atoms with Crippen LogP contribution in [0.15, 0.2) is 41.5 Å². The first-order chi connectivity index (χ1) is 12.2. The van der Waals surface area contributed by atoms with Crippen LogP contribution in [0.4, 0.5) is 11.4 Å². The molecule has 11 heteroatoms. The fraction of sp³-hybridized carbons (Fsp3) is 0.0667. The van der Waals surface area contributed by atoms with Crippen LogP contribution in [0.3, 0.4) is 0 Å². The van der Waals surface area contributed by atoms with Gasteiger partial charge < -0.3 is 10.2 Å². The number of hydrogen-bond donors (Lipinski definition) is 3. The number of phenolic OH excluding ortho intramolecular Hbond substituents is 2. The molecule has 0 saturated carbocycles. The van der Waals surface area contributed by atoms with E-state index in [0.717, 1.165) is 24.3 Å². The maximum atomic E-state index is 12.1. The van der Waals surface area contributed by atoms with E-state index in [-0.39, 0.29) is 28.3 Å². The molecular formula is C15H12N4O7. The van der Waals surface area contributed by atoms with Crippen LogP contribution >= 0.6 is 0 Å². The standard InChI is InChI=1S/C15H12N4O7/c1-8(13-3-2-12(20)7-14(13)21)16-17-15(22)9-4-10(18(23)24)6-11(5-9)19(25)26/h2-7,20-21H,1H3,(H,17,22)/b16-8+. The van der Waals surface area contributed by atoms with Crippen LogP contribution in [0.25, 0.3) is 0 Å². The zero-order valence-corrected chi connectivity index (χ0v) is 13.2. The van der Waals surface area contributed by atoms with E-state index in [1.165, 1.54) is 19.1 Å². The van der Waals surface area contributed by atoms with Crippen molar-refractivity contribution in [3.05, 3.63) is 67.8 Å². The van der Waals surface area contributed by atoms with Crippen LogP contribution in [0.2, 0.25) is 0 Å². The number of carbonyl (C=O) groups excluding carboxylic acids is 1. The second-order valence-corrected chi connectivity index (χ2v) is 5.09.